The van der Waals surface area contributed by atoms with Crippen LogP contribution in [0.3, 0.4) is 0 Å². The van der Waals surface area contributed by atoms with Crippen LogP contribution in [0.1, 0.15) is 41.0 Å². The van der Waals surface area contributed by atoms with Crippen molar-refractivity contribution in [2.24, 2.45) is 4.99 Å². The second kappa shape index (κ2) is 9.26. The van der Waals surface area contributed by atoms with Gasteiger partial charge in [-0.05, 0) is 66.8 Å². The first-order valence-electron chi connectivity index (χ1n) is 10.5. The van der Waals surface area contributed by atoms with E-state index < -0.39 is 0 Å². The average molecular weight is 405 g/mol. The van der Waals surface area contributed by atoms with Crippen LogP contribution in [0.25, 0.3) is 10.9 Å². The number of aliphatic imine (C=N–C) groups is 1. The van der Waals surface area contributed by atoms with Crippen molar-refractivity contribution in [1.82, 2.24) is 4.98 Å². The fourth-order valence-corrected chi connectivity index (χ4v) is 4.09. The number of ether oxygens (including phenoxy) is 2. The van der Waals surface area contributed by atoms with Crippen molar-refractivity contribution in [3.05, 3.63) is 64.8 Å². The normalized spacial score (nSPS) is 15.1. The second-order valence-corrected chi connectivity index (χ2v) is 8.01. The fraction of sp³-hybridized carbons (Fsp3) is 0.360. The van der Waals surface area contributed by atoms with Crippen molar-refractivity contribution >= 4 is 22.9 Å². The number of H-pyrrole nitrogens is 1. The van der Waals surface area contributed by atoms with Gasteiger partial charge in [-0.25, -0.2) is 0 Å². The van der Waals surface area contributed by atoms with Crippen molar-refractivity contribution in [2.75, 3.05) is 26.4 Å². The van der Waals surface area contributed by atoms with Gasteiger partial charge in [0, 0.05) is 31.1 Å². The smallest absolute Gasteiger partial charge is 0.191 e. The van der Waals surface area contributed by atoms with Crippen LogP contribution in [0.4, 0.5) is 0 Å². The molecule has 1 saturated heterocycles. The van der Waals surface area contributed by atoms with Crippen LogP contribution >= 0.6 is 0 Å². The number of hydrogen-bond acceptors (Lipinski definition) is 4. The van der Waals surface area contributed by atoms with E-state index in [9.17, 15) is 4.79 Å². The van der Waals surface area contributed by atoms with Crippen molar-refractivity contribution in [3.63, 3.8) is 0 Å². The lowest BCUT2D eigenvalue weighted by Gasteiger charge is -2.26. The molecule has 0 bridgehead atoms. The zero-order chi connectivity index (χ0) is 20.9. The van der Waals surface area contributed by atoms with Gasteiger partial charge in [0.1, 0.15) is 18.9 Å². The number of rotatable bonds is 7. The molecule has 0 saturated carbocycles. The summed E-state index contributed by atoms with van der Waals surface area (Å²) in [6.07, 6.45) is 5.63. The lowest BCUT2D eigenvalue weighted by molar-refractivity contribution is -0.119. The van der Waals surface area contributed by atoms with Gasteiger partial charge in [-0.1, -0.05) is 29.8 Å². The van der Waals surface area contributed by atoms with E-state index in [4.69, 9.17) is 9.47 Å². The average Bonchev–Trinajstić information content (AvgIpc) is 3.21. The van der Waals surface area contributed by atoms with E-state index in [0.29, 0.717) is 5.92 Å². The Morgan fingerprint density at radius 2 is 2.03 bits per heavy atom. The Labute approximate surface area is 177 Å². The van der Waals surface area contributed by atoms with Gasteiger partial charge in [0.25, 0.3) is 0 Å². The Morgan fingerprint density at radius 3 is 2.87 bits per heavy atom. The van der Waals surface area contributed by atoms with Crippen molar-refractivity contribution in [1.29, 1.82) is 0 Å². The van der Waals surface area contributed by atoms with Gasteiger partial charge in [0.05, 0.1) is 0 Å². The highest BCUT2D eigenvalue weighted by Gasteiger charge is 2.21. The number of ketones is 1. The van der Waals surface area contributed by atoms with E-state index in [-0.39, 0.29) is 18.9 Å². The van der Waals surface area contributed by atoms with Crippen LogP contribution in [-0.4, -0.2) is 43.3 Å². The van der Waals surface area contributed by atoms with E-state index in [1.807, 2.05) is 37.4 Å². The van der Waals surface area contributed by atoms with E-state index in [1.165, 1.54) is 11.1 Å². The number of aromatic amines is 1. The molecule has 30 heavy (non-hydrogen) atoms. The van der Waals surface area contributed by atoms with Crippen LogP contribution in [0, 0.1) is 13.8 Å². The molecule has 4 rings (SSSR count). The predicted molar refractivity (Wildman–Crippen MR) is 120 cm³/mol. The quantitative estimate of drug-likeness (QED) is 0.578. The molecule has 0 spiro atoms. The summed E-state index contributed by atoms with van der Waals surface area (Å²) < 4.78 is 11.5. The van der Waals surface area contributed by atoms with Gasteiger partial charge >= 0.3 is 0 Å². The van der Waals surface area contributed by atoms with Crippen LogP contribution in [0.2, 0.25) is 0 Å². The highest BCUT2D eigenvalue weighted by atomic mass is 16.5. The van der Waals surface area contributed by atoms with E-state index >= 15 is 0 Å². The van der Waals surface area contributed by atoms with Gasteiger partial charge in [0.15, 0.2) is 5.78 Å². The third-order valence-electron chi connectivity index (χ3n) is 5.57. The summed E-state index contributed by atoms with van der Waals surface area (Å²) >= 11 is 0. The highest BCUT2D eigenvalue weighted by Crippen LogP contribution is 2.36. The summed E-state index contributed by atoms with van der Waals surface area (Å²) in [5.74, 6) is 1.23. The molecule has 0 unspecified atom stereocenters. The van der Waals surface area contributed by atoms with Crippen LogP contribution in [0.5, 0.6) is 5.75 Å². The lowest BCUT2D eigenvalue weighted by atomic mass is 9.88. The van der Waals surface area contributed by atoms with Gasteiger partial charge in [-0.3, -0.25) is 9.79 Å². The molecule has 1 aliphatic rings. The lowest BCUT2D eigenvalue weighted by Crippen LogP contribution is -2.18. The molecule has 2 aromatic carbocycles. The molecule has 2 heterocycles. The number of benzene rings is 2. The first-order valence-corrected chi connectivity index (χ1v) is 10.5. The molecule has 0 radical (unpaired) electrons. The fourth-order valence-electron chi connectivity index (χ4n) is 4.09. The Balaban J connectivity index is 1.38. The monoisotopic (exact) mass is 404 g/mol. The Kier molecular flexibility index (Phi) is 6.29. The van der Waals surface area contributed by atoms with E-state index in [2.05, 4.69) is 29.0 Å². The van der Waals surface area contributed by atoms with Crippen molar-refractivity contribution in [3.8, 4) is 5.75 Å². The Morgan fingerprint density at radius 1 is 1.20 bits per heavy atom. The minimum atomic E-state index is -0.0369. The number of aryl methyl sites for hydroxylation is 2. The largest absolute Gasteiger partial charge is 0.485 e. The Hall–Kier alpha value is -2.92. The predicted octanol–water partition coefficient (Wildman–Crippen LogP) is 4.75. The van der Waals surface area contributed by atoms with E-state index in [1.54, 1.807) is 6.21 Å². The SMILES string of the molecule is Cc1cc(C)c(OCC(=O)CN=Cc2ccc3cc[nH]c3c2)c(C2CCOCC2)c1. The number of carbonyl (C=O) groups excluding carboxylic acids is 1. The molecule has 156 valence electrons. The number of fused-ring (bicyclic) bond motifs is 1. The topological polar surface area (TPSA) is 63.7 Å². The summed E-state index contributed by atoms with van der Waals surface area (Å²) in [5.41, 5.74) is 5.52. The van der Waals surface area contributed by atoms with Gasteiger partial charge < -0.3 is 14.5 Å². The molecule has 5 heteroatoms. The molecule has 0 atom stereocenters. The van der Waals surface area contributed by atoms with Gasteiger partial charge in [0.2, 0.25) is 0 Å². The molecule has 1 fully saturated rings. The number of carbonyl (C=O) groups is 1. The molecule has 0 amide bonds. The summed E-state index contributed by atoms with van der Waals surface area (Å²) in [5, 5.41) is 1.16. The first-order chi connectivity index (χ1) is 14.6. The van der Waals surface area contributed by atoms with Crippen molar-refractivity contribution < 1.29 is 14.3 Å². The first kappa shape index (κ1) is 20.4. The molecule has 3 aromatic rings. The second-order valence-electron chi connectivity index (χ2n) is 8.01. The maximum Gasteiger partial charge on any atom is 0.191 e. The molecule has 0 aliphatic carbocycles. The molecular formula is C25H28N2O3. The van der Waals surface area contributed by atoms with Crippen LogP contribution in [-0.2, 0) is 9.53 Å². The summed E-state index contributed by atoms with van der Waals surface area (Å²) in [6.45, 7) is 5.85. The van der Waals surface area contributed by atoms with E-state index in [0.717, 1.165) is 53.8 Å². The molecule has 1 aromatic heterocycles. The van der Waals surface area contributed by atoms with Crippen LogP contribution < -0.4 is 4.74 Å². The standard InChI is InChI=1S/C25H28N2O3/c1-17-11-18(2)25(23(12-17)20-6-9-29-10-7-20)30-16-22(28)15-26-14-19-3-4-21-5-8-27-24(21)13-19/h3-5,8,11-14,20,27H,6-7,9-10,15-16H2,1-2H3. The minimum Gasteiger partial charge on any atom is -0.485 e. The maximum absolute atomic E-state index is 12.4. The zero-order valence-corrected chi connectivity index (χ0v) is 17.6. The van der Waals surface area contributed by atoms with Crippen molar-refractivity contribution in [2.45, 2.75) is 32.6 Å². The third kappa shape index (κ3) is 4.79. The number of Topliss-reactive ketones (excluding diaryl/α,β-unsaturated/α-hetero) is 1. The summed E-state index contributed by atoms with van der Waals surface area (Å²) in [6, 6.07) is 12.4. The molecular weight excluding hydrogens is 376 g/mol. The van der Waals surface area contributed by atoms with Gasteiger partial charge in [-0.15, -0.1) is 0 Å². The maximum atomic E-state index is 12.4. The Bertz CT molecular complexity index is 1060. The number of nitrogens with one attached hydrogen (secondary N) is 1. The third-order valence-corrected chi connectivity index (χ3v) is 5.57. The minimum absolute atomic E-state index is 0.0348. The zero-order valence-electron chi connectivity index (χ0n) is 17.6. The number of nitrogens with zero attached hydrogens (tertiary/aromatic N) is 1. The highest BCUT2D eigenvalue weighted by molar-refractivity contribution is 5.90. The molecule has 1 N–H and O–H groups in total. The van der Waals surface area contributed by atoms with Crippen LogP contribution in [0.15, 0.2) is 47.6 Å². The van der Waals surface area contributed by atoms with Gasteiger partial charge in [-0.2, -0.15) is 0 Å². The summed E-state index contributed by atoms with van der Waals surface area (Å²) in [4.78, 5) is 19.9. The number of hydrogen-bond donors (Lipinski definition) is 1. The molecule has 5 nitrogen and oxygen atoms in total. The summed E-state index contributed by atoms with van der Waals surface area (Å²) in [7, 11) is 0. The molecule has 1 aliphatic heterocycles. The number of aromatic nitrogens is 1.